The van der Waals surface area contributed by atoms with Gasteiger partial charge in [-0.05, 0) is 30.3 Å². The Balaban J connectivity index is 1.81. The highest BCUT2D eigenvalue weighted by atomic mass is 35.5. The van der Waals surface area contributed by atoms with E-state index in [0.717, 1.165) is 5.82 Å². The van der Waals surface area contributed by atoms with Crippen molar-refractivity contribution in [3.05, 3.63) is 71.8 Å². The van der Waals surface area contributed by atoms with Crippen LogP contribution < -0.4 is 9.62 Å². The van der Waals surface area contributed by atoms with Crippen molar-refractivity contribution >= 4 is 33.0 Å². The molecule has 3 aromatic rings. The Labute approximate surface area is 158 Å². The van der Waals surface area contributed by atoms with Crippen molar-refractivity contribution in [3.8, 4) is 0 Å². The second-order valence-corrected chi connectivity index (χ2v) is 8.10. The number of nitrogens with zero attached hydrogens (tertiary/aromatic N) is 3. The predicted octanol–water partition coefficient (Wildman–Crippen LogP) is 3.51. The molecule has 0 fully saturated rings. The van der Waals surface area contributed by atoms with Crippen LogP contribution in [0.15, 0.2) is 65.7 Å². The molecule has 0 aliphatic carbocycles. The van der Waals surface area contributed by atoms with Crippen LogP contribution in [-0.4, -0.2) is 25.0 Å². The van der Waals surface area contributed by atoms with Gasteiger partial charge in [0.05, 0.1) is 23.3 Å². The van der Waals surface area contributed by atoms with E-state index in [2.05, 4.69) is 10.3 Å². The lowest BCUT2D eigenvalue weighted by atomic mass is 10.3. The summed E-state index contributed by atoms with van der Waals surface area (Å²) in [6.07, 6.45) is 1.58. The molecule has 8 heteroatoms. The van der Waals surface area contributed by atoms with Crippen LogP contribution in [-0.2, 0) is 23.6 Å². The van der Waals surface area contributed by atoms with Crippen LogP contribution in [0.3, 0.4) is 0 Å². The van der Waals surface area contributed by atoms with Crippen LogP contribution in [0.2, 0.25) is 5.15 Å². The van der Waals surface area contributed by atoms with Gasteiger partial charge < -0.3 is 9.88 Å². The van der Waals surface area contributed by atoms with Gasteiger partial charge in [0.15, 0.2) is 0 Å². The highest BCUT2D eigenvalue weighted by Crippen LogP contribution is 2.24. The number of hydrogen-bond donors (Lipinski definition) is 1. The first kappa shape index (κ1) is 18.3. The molecule has 1 N–H and O–H groups in total. The van der Waals surface area contributed by atoms with E-state index in [9.17, 15) is 8.42 Å². The molecule has 1 aromatic heterocycles. The first-order chi connectivity index (χ1) is 12.4. The van der Waals surface area contributed by atoms with E-state index in [0.29, 0.717) is 23.1 Å². The van der Waals surface area contributed by atoms with E-state index < -0.39 is 10.0 Å². The Hall–Kier alpha value is -2.51. The molecule has 0 amide bonds. The van der Waals surface area contributed by atoms with Crippen molar-refractivity contribution in [2.24, 2.45) is 7.05 Å². The van der Waals surface area contributed by atoms with Crippen molar-refractivity contribution in [2.45, 2.75) is 11.4 Å². The molecule has 0 unspecified atom stereocenters. The standard InChI is InChI=1S/C18H19ClN4O2S/c1-22-17(19)12-21-18(22)13-20-14-7-6-10-16(11-14)26(24,25)23(2)15-8-4-3-5-9-15/h3-12,20H,13H2,1-2H3. The van der Waals surface area contributed by atoms with Crippen LogP contribution in [0.1, 0.15) is 5.82 Å². The maximum Gasteiger partial charge on any atom is 0.264 e. The Kier molecular flexibility index (Phi) is 5.20. The maximum atomic E-state index is 12.9. The fourth-order valence-corrected chi connectivity index (χ4v) is 3.86. The largest absolute Gasteiger partial charge is 0.378 e. The molecular formula is C18H19ClN4O2S. The van der Waals surface area contributed by atoms with Gasteiger partial charge in [0.1, 0.15) is 11.0 Å². The number of sulfonamides is 1. The van der Waals surface area contributed by atoms with E-state index in [-0.39, 0.29) is 4.90 Å². The average Bonchev–Trinajstić information content (AvgIpc) is 2.98. The van der Waals surface area contributed by atoms with Crippen molar-refractivity contribution in [3.63, 3.8) is 0 Å². The zero-order valence-electron chi connectivity index (χ0n) is 14.4. The molecule has 136 valence electrons. The Morgan fingerprint density at radius 3 is 2.54 bits per heavy atom. The van der Waals surface area contributed by atoms with Crippen molar-refractivity contribution in [2.75, 3.05) is 16.7 Å². The third kappa shape index (κ3) is 3.68. The number of rotatable bonds is 6. The molecule has 0 aliphatic heterocycles. The lowest BCUT2D eigenvalue weighted by molar-refractivity contribution is 0.594. The lowest BCUT2D eigenvalue weighted by Gasteiger charge is -2.20. The minimum atomic E-state index is -3.65. The Morgan fingerprint density at radius 1 is 1.15 bits per heavy atom. The molecule has 0 atom stereocenters. The highest BCUT2D eigenvalue weighted by Gasteiger charge is 2.21. The number of para-hydroxylation sites is 1. The molecule has 26 heavy (non-hydrogen) atoms. The number of anilines is 2. The first-order valence-electron chi connectivity index (χ1n) is 7.93. The summed E-state index contributed by atoms with van der Waals surface area (Å²) in [5, 5.41) is 3.73. The third-order valence-corrected chi connectivity index (χ3v) is 6.22. The molecule has 6 nitrogen and oxygen atoms in total. The fraction of sp³-hybridized carbons (Fsp3) is 0.167. The molecule has 0 spiro atoms. The first-order valence-corrected chi connectivity index (χ1v) is 9.75. The summed E-state index contributed by atoms with van der Waals surface area (Å²) in [5.74, 6) is 0.754. The van der Waals surface area contributed by atoms with Crippen LogP contribution in [0, 0.1) is 0 Å². The van der Waals surface area contributed by atoms with Gasteiger partial charge in [-0.15, -0.1) is 0 Å². The highest BCUT2D eigenvalue weighted by molar-refractivity contribution is 7.92. The summed E-state index contributed by atoms with van der Waals surface area (Å²) in [7, 11) is -0.286. The van der Waals surface area contributed by atoms with E-state index in [1.807, 2.05) is 19.2 Å². The SMILES string of the molecule is CN(c1ccccc1)S(=O)(=O)c1cccc(NCc2ncc(Cl)n2C)c1. The van der Waals surface area contributed by atoms with Gasteiger partial charge in [0, 0.05) is 19.8 Å². The topological polar surface area (TPSA) is 67.2 Å². The quantitative estimate of drug-likeness (QED) is 0.699. The minimum absolute atomic E-state index is 0.215. The molecule has 0 radical (unpaired) electrons. The van der Waals surface area contributed by atoms with Gasteiger partial charge in [-0.1, -0.05) is 35.9 Å². The summed E-state index contributed by atoms with van der Waals surface area (Å²) in [6.45, 7) is 0.432. The predicted molar refractivity (Wildman–Crippen MR) is 104 cm³/mol. The van der Waals surface area contributed by atoms with Crippen LogP contribution in [0.25, 0.3) is 0 Å². The zero-order chi connectivity index (χ0) is 18.7. The van der Waals surface area contributed by atoms with E-state index >= 15 is 0 Å². The molecule has 2 aromatic carbocycles. The minimum Gasteiger partial charge on any atom is -0.378 e. The van der Waals surface area contributed by atoms with Crippen molar-refractivity contribution in [1.29, 1.82) is 0 Å². The number of benzene rings is 2. The second kappa shape index (κ2) is 7.39. The average molecular weight is 391 g/mol. The number of halogens is 1. The number of nitrogens with one attached hydrogen (secondary N) is 1. The zero-order valence-corrected chi connectivity index (χ0v) is 16.0. The number of aromatic nitrogens is 2. The van der Waals surface area contributed by atoms with Crippen LogP contribution in [0.4, 0.5) is 11.4 Å². The second-order valence-electron chi connectivity index (χ2n) is 5.75. The van der Waals surface area contributed by atoms with Gasteiger partial charge in [-0.2, -0.15) is 0 Å². The number of hydrogen-bond acceptors (Lipinski definition) is 4. The van der Waals surface area contributed by atoms with Crippen molar-refractivity contribution in [1.82, 2.24) is 9.55 Å². The summed E-state index contributed by atoms with van der Waals surface area (Å²) in [4.78, 5) is 4.43. The van der Waals surface area contributed by atoms with Crippen molar-refractivity contribution < 1.29 is 8.42 Å². The summed E-state index contributed by atoms with van der Waals surface area (Å²) in [5.41, 5.74) is 1.29. The smallest absolute Gasteiger partial charge is 0.264 e. The summed E-state index contributed by atoms with van der Waals surface area (Å²) < 4.78 is 28.8. The lowest BCUT2D eigenvalue weighted by Crippen LogP contribution is -2.26. The molecule has 0 saturated carbocycles. The molecule has 3 rings (SSSR count). The molecule has 1 heterocycles. The van der Waals surface area contributed by atoms with Gasteiger partial charge in [0.25, 0.3) is 10.0 Å². The van der Waals surface area contributed by atoms with Crippen LogP contribution in [0.5, 0.6) is 0 Å². The normalized spacial score (nSPS) is 11.3. The van der Waals surface area contributed by atoms with Gasteiger partial charge >= 0.3 is 0 Å². The monoisotopic (exact) mass is 390 g/mol. The van der Waals surface area contributed by atoms with E-state index in [1.54, 1.807) is 60.3 Å². The van der Waals surface area contributed by atoms with Gasteiger partial charge in [-0.25, -0.2) is 13.4 Å². The summed E-state index contributed by atoms with van der Waals surface area (Å²) >= 11 is 5.98. The van der Waals surface area contributed by atoms with Crippen LogP contribution >= 0.6 is 11.6 Å². The molecule has 0 bridgehead atoms. The van der Waals surface area contributed by atoms with E-state index in [4.69, 9.17) is 11.6 Å². The number of imidazole rings is 1. The molecule has 0 saturated heterocycles. The van der Waals surface area contributed by atoms with Gasteiger partial charge in [0.2, 0.25) is 0 Å². The maximum absolute atomic E-state index is 12.9. The summed E-state index contributed by atoms with van der Waals surface area (Å²) in [6, 6.07) is 15.7. The molecule has 0 aliphatic rings. The third-order valence-electron chi connectivity index (χ3n) is 4.09. The van der Waals surface area contributed by atoms with Gasteiger partial charge in [-0.3, -0.25) is 4.31 Å². The Morgan fingerprint density at radius 2 is 1.88 bits per heavy atom. The Bertz CT molecular complexity index is 1000. The fourth-order valence-electron chi connectivity index (χ4n) is 2.47. The molecular weight excluding hydrogens is 372 g/mol. The van der Waals surface area contributed by atoms with E-state index in [1.165, 1.54) is 4.31 Å².